The summed E-state index contributed by atoms with van der Waals surface area (Å²) in [7, 11) is 0. The molecule has 0 unspecified atom stereocenters. The van der Waals surface area contributed by atoms with Crippen LogP contribution < -0.4 is 15.4 Å². The van der Waals surface area contributed by atoms with Gasteiger partial charge in [-0.3, -0.25) is 9.97 Å². The smallest absolute Gasteiger partial charge is 0.184 e. The van der Waals surface area contributed by atoms with E-state index in [0.717, 1.165) is 103 Å². The number of anilines is 2. The van der Waals surface area contributed by atoms with Gasteiger partial charge in [0.1, 0.15) is 17.2 Å². The third kappa shape index (κ3) is 10.5. The molecule has 2 aliphatic carbocycles. The van der Waals surface area contributed by atoms with Crippen molar-refractivity contribution in [1.29, 1.82) is 0 Å². The molecule has 6 aromatic rings. The average Bonchev–Trinajstić information content (AvgIpc) is 3.72. The number of pyridine rings is 2. The molecule has 4 atom stereocenters. The highest BCUT2D eigenvalue weighted by Gasteiger charge is 2.25. The first-order valence-corrected chi connectivity index (χ1v) is 20.2. The monoisotopic (exact) mass is 874 g/mol. The molecule has 15 heteroatoms. The summed E-state index contributed by atoms with van der Waals surface area (Å²) >= 11 is 15.4. The minimum absolute atomic E-state index is 0.0952. The number of ether oxygens (including phenoxy) is 1. The van der Waals surface area contributed by atoms with E-state index in [9.17, 15) is 15.3 Å². The average molecular weight is 877 g/mol. The summed E-state index contributed by atoms with van der Waals surface area (Å²) in [5.74, 6) is 1.74. The molecule has 51 heavy (non-hydrogen) atoms. The molecule has 8 rings (SSSR count). The van der Waals surface area contributed by atoms with Crippen molar-refractivity contribution in [2.75, 3.05) is 10.6 Å². The molecule has 2 aliphatic rings. The maximum atomic E-state index is 10.1. The van der Waals surface area contributed by atoms with Gasteiger partial charge in [0.2, 0.25) is 0 Å². The number of aromatic hydroxyl groups is 1. The second-order valence-electron chi connectivity index (χ2n) is 12.2. The van der Waals surface area contributed by atoms with Crippen molar-refractivity contribution in [2.45, 2.75) is 75.7 Å². The van der Waals surface area contributed by atoms with Crippen LogP contribution in [0.15, 0.2) is 82.3 Å². The number of aliphatic hydroxyl groups is 2. The van der Waals surface area contributed by atoms with Gasteiger partial charge >= 0.3 is 0 Å². The fourth-order valence-corrected chi connectivity index (χ4v) is 8.42. The summed E-state index contributed by atoms with van der Waals surface area (Å²) in [5.41, 5.74) is 1.81. The van der Waals surface area contributed by atoms with Gasteiger partial charge in [-0.1, -0.05) is 60.0 Å². The number of halogens is 3. The van der Waals surface area contributed by atoms with Crippen molar-refractivity contribution in [3.8, 4) is 17.2 Å². The first-order chi connectivity index (χ1) is 24.7. The maximum absolute atomic E-state index is 10.1. The lowest BCUT2D eigenvalue weighted by Crippen LogP contribution is -2.36. The second-order valence-corrected chi connectivity index (χ2v) is 16.4. The van der Waals surface area contributed by atoms with Gasteiger partial charge in [-0.15, -0.1) is 0 Å². The van der Waals surface area contributed by atoms with Gasteiger partial charge in [-0.05, 0) is 93.9 Å². The molecule has 10 nitrogen and oxygen atoms in total. The van der Waals surface area contributed by atoms with Crippen molar-refractivity contribution < 1.29 is 20.1 Å². The third-order valence-corrected chi connectivity index (χ3v) is 12.2. The van der Waals surface area contributed by atoms with Crippen LogP contribution in [0.2, 0.25) is 5.02 Å². The Hall–Kier alpha value is -3.11. The van der Waals surface area contributed by atoms with Crippen molar-refractivity contribution in [2.24, 2.45) is 0 Å². The summed E-state index contributed by atoms with van der Waals surface area (Å²) < 4.78 is 9.59. The molecule has 0 saturated heterocycles. The standard InChI is InChI=1S/C18H18BrN3O2S.C13H16N2O2S.C5H3BrClN/c19-12-10-20-8-7-16(12)24-11-5-6-14-17(9-11)25-18(22-14)21-13-3-1-2-4-15(13)23;16-8-5-6-10-12(7-8)18-13(15-10)14-9-3-1-2-4-11(9)17;6-4-3-8-2-1-5(4)7/h5-10,13,15,23H,1-4H2,(H,21,22);5-7,9,11,16-17H,1-4H2,(H,14,15);1-3H/t13-,15-;9-,11-;/m11./s1. The van der Waals surface area contributed by atoms with E-state index >= 15 is 0 Å². The highest BCUT2D eigenvalue weighted by Crippen LogP contribution is 2.35. The third-order valence-electron chi connectivity index (χ3n) is 8.49. The Bertz CT molecular complexity index is 2030. The van der Waals surface area contributed by atoms with Crippen LogP contribution in [-0.4, -0.2) is 59.5 Å². The van der Waals surface area contributed by atoms with E-state index in [1.165, 1.54) is 11.3 Å². The minimum Gasteiger partial charge on any atom is -0.508 e. The second kappa shape index (κ2) is 18.1. The number of aromatic nitrogens is 4. The molecular weight excluding hydrogens is 840 g/mol. The van der Waals surface area contributed by atoms with Gasteiger partial charge in [0.25, 0.3) is 0 Å². The Kier molecular flexibility index (Phi) is 13.3. The van der Waals surface area contributed by atoms with Crippen LogP contribution in [0.5, 0.6) is 17.2 Å². The molecule has 0 amide bonds. The van der Waals surface area contributed by atoms with E-state index in [1.807, 2.05) is 30.3 Å². The number of hydrogen-bond donors (Lipinski definition) is 5. The Morgan fingerprint density at radius 3 is 1.80 bits per heavy atom. The molecule has 2 aromatic carbocycles. The van der Waals surface area contributed by atoms with Crippen LogP contribution in [-0.2, 0) is 0 Å². The van der Waals surface area contributed by atoms with Crippen molar-refractivity contribution in [1.82, 2.24) is 19.9 Å². The topological polar surface area (TPSA) is 146 Å². The fraction of sp³-hybridized carbons (Fsp3) is 0.333. The van der Waals surface area contributed by atoms with Gasteiger partial charge in [0.15, 0.2) is 10.3 Å². The van der Waals surface area contributed by atoms with Gasteiger partial charge in [0.05, 0.1) is 58.7 Å². The van der Waals surface area contributed by atoms with Crippen LogP contribution in [0.25, 0.3) is 20.4 Å². The number of phenols is 1. The SMILES string of the molecule is Clc1ccncc1Br.O[C@@H]1CCCC[C@H]1Nc1nc2ccc(Oc3ccncc3Br)cc2s1.Oc1ccc2nc(N[C@@H]3CCCC[C@H]3O)sc2c1. The number of fused-ring (bicyclic) bond motifs is 2. The lowest BCUT2D eigenvalue weighted by Gasteiger charge is -2.27. The number of hydrogen-bond acceptors (Lipinski definition) is 12. The van der Waals surface area contributed by atoms with Crippen molar-refractivity contribution >= 4 is 96.8 Å². The quantitative estimate of drug-likeness (QED) is 0.110. The van der Waals surface area contributed by atoms with E-state index in [-0.39, 0.29) is 30.0 Å². The predicted octanol–water partition coefficient (Wildman–Crippen LogP) is 10.2. The molecule has 268 valence electrons. The first-order valence-electron chi connectivity index (χ1n) is 16.6. The number of thiazole rings is 2. The lowest BCUT2D eigenvalue weighted by molar-refractivity contribution is 0.116. The maximum Gasteiger partial charge on any atom is 0.184 e. The van der Waals surface area contributed by atoms with Gasteiger partial charge in [0, 0.05) is 36.9 Å². The van der Waals surface area contributed by atoms with Crippen molar-refractivity contribution in [3.05, 3.63) is 87.3 Å². The van der Waals surface area contributed by atoms with Gasteiger partial charge in [-0.2, -0.15) is 0 Å². The molecule has 2 saturated carbocycles. The largest absolute Gasteiger partial charge is 0.508 e. The van der Waals surface area contributed by atoms with Crippen molar-refractivity contribution in [3.63, 3.8) is 0 Å². The van der Waals surface area contributed by atoms with Crippen LogP contribution in [0.3, 0.4) is 0 Å². The highest BCUT2D eigenvalue weighted by atomic mass is 79.9. The first kappa shape index (κ1) is 37.6. The Morgan fingerprint density at radius 1 is 0.706 bits per heavy atom. The molecule has 4 heterocycles. The van der Waals surface area contributed by atoms with Crippen LogP contribution in [0.4, 0.5) is 10.3 Å². The van der Waals surface area contributed by atoms with E-state index < -0.39 is 0 Å². The molecular formula is C36H37Br2ClN6O4S2. The normalized spacial score (nSPS) is 20.1. The molecule has 0 aliphatic heterocycles. The minimum atomic E-state index is -0.288. The number of nitrogens with zero attached hydrogens (tertiary/aromatic N) is 4. The number of benzene rings is 2. The Labute approximate surface area is 325 Å². The molecule has 0 radical (unpaired) electrons. The number of nitrogens with one attached hydrogen (secondary N) is 2. The number of aliphatic hydroxyl groups excluding tert-OH is 2. The zero-order chi connectivity index (χ0) is 35.7. The zero-order valence-electron chi connectivity index (χ0n) is 27.4. The van der Waals surface area contributed by atoms with E-state index in [1.54, 1.807) is 54.3 Å². The summed E-state index contributed by atoms with van der Waals surface area (Å²) in [5, 5.41) is 38.5. The summed E-state index contributed by atoms with van der Waals surface area (Å²) in [4.78, 5) is 16.9. The predicted molar refractivity (Wildman–Crippen MR) is 214 cm³/mol. The van der Waals surface area contributed by atoms with Crippen LogP contribution in [0.1, 0.15) is 51.4 Å². The fourth-order valence-electron chi connectivity index (χ4n) is 5.81. The van der Waals surface area contributed by atoms with Crippen LogP contribution in [0, 0.1) is 0 Å². The van der Waals surface area contributed by atoms with Gasteiger partial charge < -0.3 is 30.7 Å². The summed E-state index contributed by atoms with van der Waals surface area (Å²) in [6, 6.07) is 14.8. The molecule has 0 spiro atoms. The molecule has 4 aromatic heterocycles. The van der Waals surface area contributed by atoms with E-state index in [0.29, 0.717) is 5.02 Å². The van der Waals surface area contributed by atoms with E-state index in [2.05, 4.69) is 62.4 Å². The van der Waals surface area contributed by atoms with Gasteiger partial charge in [-0.25, -0.2) is 9.97 Å². The number of rotatable bonds is 6. The lowest BCUT2D eigenvalue weighted by atomic mass is 9.93. The molecule has 0 bridgehead atoms. The Morgan fingerprint density at radius 2 is 1.25 bits per heavy atom. The molecule has 5 N–H and O–H groups in total. The highest BCUT2D eigenvalue weighted by molar-refractivity contribution is 9.10. The molecule has 2 fully saturated rings. The van der Waals surface area contributed by atoms with Crippen LogP contribution >= 0.6 is 66.1 Å². The summed E-state index contributed by atoms with van der Waals surface area (Å²) in [6.07, 6.45) is 14.4. The summed E-state index contributed by atoms with van der Waals surface area (Å²) in [6.45, 7) is 0. The van der Waals surface area contributed by atoms with E-state index in [4.69, 9.17) is 16.3 Å². The number of phenolic OH excluding ortho intramolecular Hbond substituents is 1. The zero-order valence-corrected chi connectivity index (χ0v) is 32.9. The Balaban J connectivity index is 0.000000150.